The second-order valence-electron chi connectivity index (χ2n) is 14.2. The van der Waals surface area contributed by atoms with E-state index in [1.807, 2.05) is 65.0 Å². The van der Waals surface area contributed by atoms with Crippen LogP contribution < -0.4 is 21.7 Å². The lowest BCUT2D eigenvalue weighted by Gasteiger charge is -2.40. The van der Waals surface area contributed by atoms with E-state index in [1.54, 1.807) is 4.90 Å². The molecule has 4 amide bonds. The van der Waals surface area contributed by atoms with E-state index >= 15 is 0 Å². The van der Waals surface area contributed by atoms with Gasteiger partial charge in [-0.2, -0.15) is 0 Å². The van der Waals surface area contributed by atoms with E-state index < -0.39 is 29.1 Å². The molecule has 260 valence electrons. The number of ether oxygens (including phenoxy) is 1. The number of rotatable bonds is 13. The van der Waals surface area contributed by atoms with Crippen molar-refractivity contribution in [3.8, 4) is 0 Å². The molecule has 3 atom stereocenters. The normalized spacial score (nSPS) is 20.0. The largest absolute Gasteiger partial charge is 0.491 e. The predicted octanol–water partition coefficient (Wildman–Crippen LogP) is 6.46. The fourth-order valence-electron chi connectivity index (χ4n) is 6.48. The molecule has 9 heteroatoms. The fraction of sp³-hybridized carbons (Fsp3) is 0.605. The molecule has 4 rings (SSSR count). The average Bonchev–Trinajstić information content (AvgIpc) is 3.73. The molecule has 9 nitrogen and oxygen atoms in total. The molecule has 0 radical (unpaired) electrons. The van der Waals surface area contributed by atoms with Crippen molar-refractivity contribution in [1.82, 2.24) is 20.9 Å². The van der Waals surface area contributed by atoms with Gasteiger partial charge in [-0.05, 0) is 54.6 Å². The Bertz CT molecular complexity index is 1260. The zero-order chi connectivity index (χ0) is 34.8. The summed E-state index contributed by atoms with van der Waals surface area (Å²) in [6.07, 6.45) is 8.62. The van der Waals surface area contributed by atoms with Gasteiger partial charge in [0.25, 0.3) is 0 Å². The summed E-state index contributed by atoms with van der Waals surface area (Å²) in [5, 5.41) is 9.27. The van der Waals surface area contributed by atoms with Crippen molar-refractivity contribution in [2.45, 2.75) is 129 Å². The van der Waals surface area contributed by atoms with Gasteiger partial charge in [0.2, 0.25) is 11.8 Å². The molecule has 0 aromatic heterocycles. The van der Waals surface area contributed by atoms with Crippen LogP contribution in [-0.2, 0) is 20.9 Å². The zero-order valence-corrected chi connectivity index (χ0v) is 29.5. The minimum absolute atomic E-state index is 0.223. The lowest BCUT2D eigenvalue weighted by Crippen LogP contribution is -2.62. The number of benzene rings is 1. The summed E-state index contributed by atoms with van der Waals surface area (Å²) in [7, 11) is 0. The molecule has 5 N–H and O–H groups in total. The summed E-state index contributed by atoms with van der Waals surface area (Å²) in [5.74, 6) is 0.568. The Kier molecular flexibility index (Phi) is 13.5. The molecule has 1 saturated heterocycles. The van der Waals surface area contributed by atoms with Gasteiger partial charge in [0.05, 0.1) is 11.6 Å². The van der Waals surface area contributed by atoms with Gasteiger partial charge in [-0.15, -0.1) is 0 Å². The SMILES string of the molecule is C=C(N)C(=C)C(CC1CC1)NC(=O)C1CCCN1C(=O)C(NC(=O)NC1(C(=C)OCc2ccccc2)CCCCC1)C(C)(C)C.CC. The molecule has 0 bridgehead atoms. The molecule has 1 heterocycles. The topological polar surface area (TPSA) is 126 Å². The Labute approximate surface area is 282 Å². The third-order valence-electron chi connectivity index (χ3n) is 9.49. The maximum absolute atomic E-state index is 14.1. The molecule has 1 aromatic rings. The third-order valence-corrected chi connectivity index (χ3v) is 9.49. The smallest absolute Gasteiger partial charge is 0.316 e. The van der Waals surface area contributed by atoms with Crippen molar-refractivity contribution in [2.75, 3.05) is 6.54 Å². The standard InChI is InChI=1S/C36H53N5O4.C2H6/c1-24(25(2)37)29(22-27-17-18-27)38-32(42)30-16-13-21-41(30)33(43)31(35(4,5)6)39-34(44)40-36(19-11-8-12-20-36)26(3)45-23-28-14-9-7-10-15-28;1-2/h7,9-10,14-15,27,29-31H,1-3,8,11-13,16-23,37H2,4-6H3,(H,38,42)(H2,39,40,44);1-2H3. The number of likely N-dealkylation sites (tertiary alicyclic amines) is 1. The monoisotopic (exact) mass is 649 g/mol. The molecule has 0 spiro atoms. The molecule has 2 aliphatic carbocycles. The first kappa shape index (κ1) is 37.7. The number of nitrogens with one attached hydrogen (secondary N) is 3. The highest BCUT2D eigenvalue weighted by Crippen LogP contribution is 2.36. The van der Waals surface area contributed by atoms with Crippen LogP contribution in [-0.4, -0.2) is 53.0 Å². The first-order valence-electron chi connectivity index (χ1n) is 17.5. The molecule has 3 aliphatic rings. The number of nitrogens with two attached hydrogens (primary N) is 1. The van der Waals surface area contributed by atoms with Crippen molar-refractivity contribution < 1.29 is 19.1 Å². The summed E-state index contributed by atoms with van der Waals surface area (Å²) in [6.45, 7) is 22.7. The molecular weight excluding hydrogens is 590 g/mol. The van der Waals surface area contributed by atoms with E-state index in [4.69, 9.17) is 10.5 Å². The number of hydrogen-bond donors (Lipinski definition) is 4. The summed E-state index contributed by atoms with van der Waals surface area (Å²) in [6, 6.07) is 7.61. The van der Waals surface area contributed by atoms with Gasteiger partial charge in [-0.25, -0.2) is 4.79 Å². The van der Waals surface area contributed by atoms with Gasteiger partial charge >= 0.3 is 6.03 Å². The van der Waals surface area contributed by atoms with Crippen LogP contribution in [0.5, 0.6) is 0 Å². The Morgan fingerprint density at radius 1 is 0.979 bits per heavy atom. The van der Waals surface area contributed by atoms with Crippen LogP contribution >= 0.6 is 0 Å². The van der Waals surface area contributed by atoms with Gasteiger partial charge in [0.15, 0.2) is 0 Å². The quantitative estimate of drug-likeness (QED) is 0.144. The zero-order valence-electron chi connectivity index (χ0n) is 29.5. The van der Waals surface area contributed by atoms with E-state index in [0.29, 0.717) is 61.8 Å². The van der Waals surface area contributed by atoms with Gasteiger partial charge < -0.3 is 31.3 Å². The maximum Gasteiger partial charge on any atom is 0.316 e. The second kappa shape index (κ2) is 16.9. The Morgan fingerprint density at radius 3 is 2.19 bits per heavy atom. The molecule has 1 aromatic carbocycles. The number of urea groups is 1. The summed E-state index contributed by atoms with van der Waals surface area (Å²) < 4.78 is 6.13. The van der Waals surface area contributed by atoms with Crippen molar-refractivity contribution in [2.24, 2.45) is 17.1 Å². The van der Waals surface area contributed by atoms with Crippen LogP contribution in [0.1, 0.15) is 104 Å². The second-order valence-corrected chi connectivity index (χ2v) is 14.2. The molecular formula is C38H59N5O4. The van der Waals surface area contributed by atoms with Gasteiger partial charge in [-0.3, -0.25) is 9.59 Å². The van der Waals surface area contributed by atoms with Gasteiger partial charge in [0, 0.05) is 12.2 Å². The van der Waals surface area contributed by atoms with Gasteiger partial charge in [0.1, 0.15) is 24.4 Å². The average molecular weight is 650 g/mol. The van der Waals surface area contributed by atoms with Crippen LogP contribution in [0.4, 0.5) is 4.79 Å². The van der Waals surface area contributed by atoms with E-state index in [2.05, 4.69) is 35.7 Å². The van der Waals surface area contributed by atoms with Crippen molar-refractivity contribution in [1.29, 1.82) is 0 Å². The molecule has 3 unspecified atom stereocenters. The number of carbonyl (C=O) groups is 3. The number of nitrogens with zero attached hydrogens (tertiary/aromatic N) is 1. The first-order valence-corrected chi connectivity index (χ1v) is 17.5. The molecule has 3 fully saturated rings. The van der Waals surface area contributed by atoms with Crippen molar-refractivity contribution in [3.05, 3.63) is 72.7 Å². The lowest BCUT2D eigenvalue weighted by atomic mass is 9.80. The maximum atomic E-state index is 14.1. The molecule has 47 heavy (non-hydrogen) atoms. The number of amides is 4. The van der Waals surface area contributed by atoms with E-state index in [0.717, 1.165) is 44.1 Å². The van der Waals surface area contributed by atoms with Gasteiger partial charge in [-0.1, -0.05) is 117 Å². The predicted molar refractivity (Wildman–Crippen MR) is 189 cm³/mol. The van der Waals surface area contributed by atoms with E-state index in [1.165, 1.54) is 0 Å². The van der Waals surface area contributed by atoms with E-state index in [9.17, 15) is 14.4 Å². The Morgan fingerprint density at radius 2 is 1.62 bits per heavy atom. The first-order chi connectivity index (χ1) is 22.3. The summed E-state index contributed by atoms with van der Waals surface area (Å²) in [5.41, 5.74) is 6.59. The van der Waals surface area contributed by atoms with Crippen LogP contribution in [0.25, 0.3) is 0 Å². The molecule has 1 aliphatic heterocycles. The molecule has 2 saturated carbocycles. The Hall–Kier alpha value is -3.75. The Balaban J connectivity index is 0.00000294. The van der Waals surface area contributed by atoms with E-state index in [-0.39, 0.29) is 17.9 Å². The van der Waals surface area contributed by atoms with Crippen LogP contribution in [0.3, 0.4) is 0 Å². The highest BCUT2D eigenvalue weighted by Gasteiger charge is 2.44. The highest BCUT2D eigenvalue weighted by atomic mass is 16.5. The summed E-state index contributed by atoms with van der Waals surface area (Å²) in [4.78, 5) is 43.0. The van der Waals surface area contributed by atoms with Crippen molar-refractivity contribution >= 4 is 17.8 Å². The minimum atomic E-state index is -0.855. The van der Waals surface area contributed by atoms with Crippen LogP contribution in [0.2, 0.25) is 0 Å². The van der Waals surface area contributed by atoms with Crippen LogP contribution in [0.15, 0.2) is 67.1 Å². The lowest BCUT2D eigenvalue weighted by molar-refractivity contribution is -0.142. The highest BCUT2D eigenvalue weighted by molar-refractivity contribution is 5.93. The summed E-state index contributed by atoms with van der Waals surface area (Å²) >= 11 is 0. The third kappa shape index (κ3) is 10.4. The fourth-order valence-corrected chi connectivity index (χ4v) is 6.48. The minimum Gasteiger partial charge on any atom is -0.491 e. The van der Waals surface area contributed by atoms with Crippen LogP contribution in [0, 0.1) is 11.3 Å². The number of hydrogen-bond acceptors (Lipinski definition) is 5. The van der Waals surface area contributed by atoms with Crippen molar-refractivity contribution in [3.63, 3.8) is 0 Å². The number of carbonyl (C=O) groups excluding carboxylic acids is 3.